The third-order valence-corrected chi connectivity index (χ3v) is 4.83. The third-order valence-electron chi connectivity index (χ3n) is 3.65. The molecule has 0 radical (unpaired) electrons. The van der Waals surface area contributed by atoms with Gasteiger partial charge in [0.25, 0.3) is 0 Å². The molecule has 0 aliphatic heterocycles. The Balaban J connectivity index is 2.50. The molecule has 1 amide bonds. The lowest BCUT2D eigenvalue weighted by Gasteiger charge is -2.24. The first-order valence-electron chi connectivity index (χ1n) is 8.16. The molecule has 7 heteroatoms. The molecule has 0 aliphatic rings. The topological polar surface area (TPSA) is 69.7 Å². The number of para-hydroxylation sites is 1. The molecule has 1 rings (SSSR count). The highest BCUT2D eigenvalue weighted by Crippen LogP contribution is 2.22. The molecule has 1 aromatic carbocycles. The Morgan fingerprint density at radius 3 is 2.38 bits per heavy atom. The maximum atomic E-state index is 12.1. The van der Waals surface area contributed by atoms with Gasteiger partial charge in [-0.05, 0) is 52.0 Å². The Kier molecular flexibility index (Phi) is 8.21. The van der Waals surface area contributed by atoms with Crippen LogP contribution in [0.25, 0.3) is 0 Å². The number of hydrogen-bond acceptors (Lipinski definition) is 4. The zero-order valence-electron chi connectivity index (χ0n) is 15.1. The second-order valence-corrected chi connectivity index (χ2v) is 8.14. The maximum absolute atomic E-state index is 12.1. The Morgan fingerprint density at radius 2 is 1.79 bits per heavy atom. The summed E-state index contributed by atoms with van der Waals surface area (Å²) in [7, 11) is 0.614. The monoisotopic (exact) mass is 355 g/mol. The molecule has 1 aromatic rings. The summed E-state index contributed by atoms with van der Waals surface area (Å²) >= 11 is 0. The van der Waals surface area contributed by atoms with Crippen LogP contribution in [0.1, 0.15) is 24.8 Å². The number of carbonyl (C=O) groups excluding carboxylic acids is 1. The number of rotatable bonds is 10. The molecule has 24 heavy (non-hydrogen) atoms. The molecule has 0 unspecified atom stereocenters. The summed E-state index contributed by atoms with van der Waals surface area (Å²) in [5, 5.41) is 2.87. The lowest BCUT2D eigenvalue weighted by Crippen LogP contribution is -2.33. The molecular formula is C17H29N3O3S. The van der Waals surface area contributed by atoms with Crippen LogP contribution < -0.4 is 9.62 Å². The summed E-state index contributed by atoms with van der Waals surface area (Å²) < 4.78 is 25.5. The molecule has 0 atom stereocenters. The van der Waals surface area contributed by atoms with Crippen LogP contribution >= 0.6 is 0 Å². The van der Waals surface area contributed by atoms with Crippen molar-refractivity contribution in [2.45, 2.75) is 26.2 Å². The van der Waals surface area contributed by atoms with Crippen molar-refractivity contribution in [3.63, 3.8) is 0 Å². The van der Waals surface area contributed by atoms with E-state index in [1.807, 2.05) is 39.2 Å². The summed E-state index contributed by atoms with van der Waals surface area (Å²) in [5.74, 6) is -0.0352. The summed E-state index contributed by atoms with van der Waals surface area (Å²) in [5.41, 5.74) is 1.57. The van der Waals surface area contributed by atoms with Gasteiger partial charge in [0.1, 0.15) is 0 Å². The predicted octanol–water partition coefficient (Wildman–Crippen LogP) is 1.61. The number of carbonyl (C=O) groups is 1. The minimum absolute atomic E-state index is 0.0352. The summed E-state index contributed by atoms with van der Waals surface area (Å²) in [6, 6.07) is 7.36. The van der Waals surface area contributed by atoms with Crippen molar-refractivity contribution in [2.75, 3.05) is 44.3 Å². The fourth-order valence-electron chi connectivity index (χ4n) is 2.40. The van der Waals surface area contributed by atoms with Crippen molar-refractivity contribution in [1.29, 1.82) is 0 Å². The van der Waals surface area contributed by atoms with Crippen molar-refractivity contribution in [2.24, 2.45) is 0 Å². The maximum Gasteiger partial charge on any atom is 0.232 e. The first kappa shape index (κ1) is 20.4. The van der Waals surface area contributed by atoms with Crippen molar-refractivity contribution in [3.05, 3.63) is 29.8 Å². The molecule has 0 heterocycles. The van der Waals surface area contributed by atoms with E-state index in [-0.39, 0.29) is 5.91 Å². The molecule has 1 N–H and O–H groups in total. The van der Waals surface area contributed by atoms with Crippen LogP contribution in [0.15, 0.2) is 24.3 Å². The van der Waals surface area contributed by atoms with E-state index in [0.717, 1.165) is 18.5 Å². The van der Waals surface area contributed by atoms with Gasteiger partial charge in [0, 0.05) is 19.5 Å². The number of nitrogens with one attached hydrogen (secondary N) is 1. The fourth-order valence-corrected chi connectivity index (χ4v) is 3.43. The Bertz CT molecular complexity index is 630. The number of nitrogens with zero attached hydrogens (tertiary/aromatic N) is 2. The van der Waals surface area contributed by atoms with Crippen LogP contribution in [0.2, 0.25) is 0 Å². The van der Waals surface area contributed by atoms with Gasteiger partial charge in [-0.3, -0.25) is 9.10 Å². The third kappa shape index (κ3) is 7.31. The zero-order chi connectivity index (χ0) is 18.2. The summed E-state index contributed by atoms with van der Waals surface area (Å²) in [4.78, 5) is 13.9. The number of aryl methyl sites for hydroxylation is 1. The van der Waals surface area contributed by atoms with Crippen LogP contribution in [0.5, 0.6) is 0 Å². The minimum atomic E-state index is -3.37. The van der Waals surface area contributed by atoms with Crippen LogP contribution in [-0.2, 0) is 14.8 Å². The van der Waals surface area contributed by atoms with Gasteiger partial charge in [-0.15, -0.1) is 0 Å². The van der Waals surface area contributed by atoms with E-state index < -0.39 is 10.0 Å². The van der Waals surface area contributed by atoms with Crippen LogP contribution in [0.4, 0.5) is 5.69 Å². The Morgan fingerprint density at radius 1 is 1.12 bits per heavy atom. The SMILES string of the molecule is Cc1ccccc1N(CCCC(=O)NCCCN(C)C)S(C)(=O)=O. The zero-order valence-corrected chi connectivity index (χ0v) is 15.9. The lowest BCUT2D eigenvalue weighted by molar-refractivity contribution is -0.121. The van der Waals surface area contributed by atoms with Crippen LogP contribution in [0.3, 0.4) is 0 Å². The normalized spacial score (nSPS) is 11.5. The average molecular weight is 356 g/mol. The molecule has 0 spiro atoms. The van der Waals surface area contributed by atoms with Crippen LogP contribution in [-0.4, -0.2) is 59.2 Å². The largest absolute Gasteiger partial charge is 0.356 e. The highest BCUT2D eigenvalue weighted by Gasteiger charge is 2.18. The average Bonchev–Trinajstić information content (AvgIpc) is 2.48. The molecule has 0 bridgehead atoms. The van der Waals surface area contributed by atoms with Gasteiger partial charge in [-0.2, -0.15) is 0 Å². The van der Waals surface area contributed by atoms with Gasteiger partial charge >= 0.3 is 0 Å². The number of hydrogen-bond donors (Lipinski definition) is 1. The molecule has 6 nitrogen and oxygen atoms in total. The highest BCUT2D eigenvalue weighted by atomic mass is 32.2. The van der Waals surface area contributed by atoms with Gasteiger partial charge in [-0.25, -0.2) is 8.42 Å². The van der Waals surface area contributed by atoms with E-state index in [1.165, 1.54) is 10.6 Å². The first-order valence-corrected chi connectivity index (χ1v) is 10.0. The standard InChI is InChI=1S/C17H29N3O3S/c1-15-9-5-6-10-16(15)20(24(4,22)23)14-7-11-17(21)18-12-8-13-19(2)3/h5-6,9-10H,7-8,11-14H2,1-4H3,(H,18,21). The molecule has 136 valence electrons. The molecule has 0 aromatic heterocycles. The predicted molar refractivity (Wildman–Crippen MR) is 98.8 cm³/mol. The van der Waals surface area contributed by atoms with E-state index in [1.54, 1.807) is 6.07 Å². The van der Waals surface area contributed by atoms with Gasteiger partial charge in [-0.1, -0.05) is 18.2 Å². The van der Waals surface area contributed by atoms with Crippen molar-refractivity contribution >= 4 is 21.6 Å². The van der Waals surface area contributed by atoms with Gasteiger partial charge < -0.3 is 10.2 Å². The summed E-state index contributed by atoms with van der Waals surface area (Å²) in [6.45, 7) is 3.75. The smallest absolute Gasteiger partial charge is 0.232 e. The van der Waals surface area contributed by atoms with Gasteiger partial charge in [0.05, 0.1) is 11.9 Å². The van der Waals surface area contributed by atoms with E-state index in [2.05, 4.69) is 10.2 Å². The number of sulfonamides is 1. The molecule has 0 fully saturated rings. The van der Waals surface area contributed by atoms with E-state index >= 15 is 0 Å². The van der Waals surface area contributed by atoms with Crippen molar-refractivity contribution in [3.8, 4) is 0 Å². The number of amides is 1. The van der Waals surface area contributed by atoms with E-state index in [4.69, 9.17) is 0 Å². The first-order chi connectivity index (χ1) is 11.2. The molecule has 0 saturated heterocycles. The van der Waals surface area contributed by atoms with Gasteiger partial charge in [0.2, 0.25) is 15.9 Å². The molecule has 0 aliphatic carbocycles. The quantitative estimate of drug-likeness (QED) is 0.648. The molecule has 0 saturated carbocycles. The Hall–Kier alpha value is -1.60. The lowest BCUT2D eigenvalue weighted by atomic mass is 10.2. The minimum Gasteiger partial charge on any atom is -0.356 e. The Labute approximate surface area is 145 Å². The fraction of sp³-hybridized carbons (Fsp3) is 0.588. The second-order valence-electron chi connectivity index (χ2n) is 6.23. The number of anilines is 1. The second kappa shape index (κ2) is 9.64. The van der Waals surface area contributed by atoms with E-state index in [9.17, 15) is 13.2 Å². The van der Waals surface area contributed by atoms with Crippen molar-refractivity contribution in [1.82, 2.24) is 10.2 Å². The van der Waals surface area contributed by atoms with Gasteiger partial charge in [0.15, 0.2) is 0 Å². The number of benzene rings is 1. The highest BCUT2D eigenvalue weighted by molar-refractivity contribution is 7.92. The van der Waals surface area contributed by atoms with E-state index in [0.29, 0.717) is 31.6 Å². The molecular weight excluding hydrogens is 326 g/mol. The summed E-state index contributed by atoms with van der Waals surface area (Å²) in [6.07, 6.45) is 2.90. The van der Waals surface area contributed by atoms with Crippen LogP contribution in [0, 0.1) is 6.92 Å². The van der Waals surface area contributed by atoms with Crippen molar-refractivity contribution < 1.29 is 13.2 Å².